The second-order valence-corrected chi connectivity index (χ2v) is 11.5. The normalized spacial score (nSPS) is 25.7. The van der Waals surface area contributed by atoms with Crippen molar-refractivity contribution in [2.24, 2.45) is 27.0 Å². The van der Waals surface area contributed by atoms with Gasteiger partial charge in [0.2, 0.25) is 5.84 Å². The first kappa shape index (κ1) is 24.1. The standard InChI is InChI=1S/C29H31N5O2S/c1-19-9-11-20(12-10-19)24-17-33(18-26-31-27-8-5-14-30-34(27)32-26)15-13-22(24)23-16-25(37-28(23)29(35)36)21-6-3-2-4-7-21/h2-8,14,16,19-20,27H,9-13,15,17-18H2,1H3/p+1. The van der Waals surface area contributed by atoms with E-state index in [2.05, 4.69) is 40.2 Å². The minimum atomic E-state index is -0.835. The predicted octanol–water partition coefficient (Wildman–Crippen LogP) is 6.16. The average Bonchev–Trinajstić information content (AvgIpc) is 3.54. The maximum Gasteiger partial charge on any atom is 0.346 e. The van der Waals surface area contributed by atoms with Crippen LogP contribution in [0.15, 0.2) is 69.3 Å². The van der Waals surface area contributed by atoms with Crippen LogP contribution in [0, 0.1) is 11.8 Å². The second kappa shape index (κ2) is 10.3. The van der Waals surface area contributed by atoms with E-state index in [1.807, 2.05) is 30.4 Å². The van der Waals surface area contributed by atoms with Gasteiger partial charge in [0.1, 0.15) is 4.88 Å². The van der Waals surface area contributed by atoms with Gasteiger partial charge in [-0.3, -0.25) is 4.90 Å². The van der Waals surface area contributed by atoms with Crippen molar-refractivity contribution in [3.63, 3.8) is 0 Å². The molecule has 1 saturated carbocycles. The van der Waals surface area contributed by atoms with Crippen LogP contribution in [-0.4, -0.2) is 58.6 Å². The molecule has 1 aliphatic carbocycles. The van der Waals surface area contributed by atoms with Gasteiger partial charge < -0.3 is 5.11 Å². The Morgan fingerprint density at radius 1 is 1.19 bits per heavy atom. The van der Waals surface area contributed by atoms with E-state index in [0.717, 1.165) is 47.3 Å². The van der Waals surface area contributed by atoms with Crippen LogP contribution >= 0.6 is 11.3 Å². The number of allylic oxidation sites excluding steroid dienone is 1. The van der Waals surface area contributed by atoms with Gasteiger partial charge in [0.15, 0.2) is 0 Å². The van der Waals surface area contributed by atoms with Gasteiger partial charge in [-0.2, -0.15) is 4.99 Å². The molecule has 3 aliphatic heterocycles. The zero-order valence-electron chi connectivity index (χ0n) is 21.1. The summed E-state index contributed by atoms with van der Waals surface area (Å²) in [5.74, 6) is 1.23. The molecule has 2 aromatic rings. The van der Waals surface area contributed by atoms with E-state index in [1.54, 1.807) is 11.0 Å². The van der Waals surface area contributed by atoms with Gasteiger partial charge in [-0.1, -0.05) is 50.1 Å². The topological polar surface area (TPSA) is 80.6 Å². The zero-order chi connectivity index (χ0) is 25.4. The first-order valence-corrected chi connectivity index (χ1v) is 14.0. The van der Waals surface area contributed by atoms with Gasteiger partial charge in [0.25, 0.3) is 0 Å². The Morgan fingerprint density at radius 3 is 2.76 bits per heavy atom. The van der Waals surface area contributed by atoms with E-state index in [1.165, 1.54) is 48.2 Å². The molecule has 1 aromatic heterocycles. The molecule has 1 atom stereocenters. The molecular weight excluding hydrogens is 482 g/mol. The second-order valence-electron chi connectivity index (χ2n) is 10.5. The summed E-state index contributed by atoms with van der Waals surface area (Å²) in [4.78, 5) is 22.7. The fourth-order valence-electron chi connectivity index (χ4n) is 5.94. The Bertz CT molecular complexity index is 1350. The van der Waals surface area contributed by atoms with Crippen molar-refractivity contribution in [2.45, 2.75) is 45.2 Å². The van der Waals surface area contributed by atoms with Gasteiger partial charge >= 0.3 is 12.1 Å². The van der Waals surface area contributed by atoms with E-state index < -0.39 is 5.97 Å². The van der Waals surface area contributed by atoms with Gasteiger partial charge in [0.05, 0.1) is 17.6 Å². The van der Waals surface area contributed by atoms with Crippen molar-refractivity contribution >= 4 is 34.9 Å². The number of aromatic carboxylic acids is 1. The van der Waals surface area contributed by atoms with Crippen molar-refractivity contribution in [1.29, 1.82) is 0 Å². The fourth-order valence-corrected chi connectivity index (χ4v) is 6.97. The molecule has 1 unspecified atom stereocenters. The highest BCUT2D eigenvalue weighted by atomic mass is 32.1. The molecule has 1 aromatic carbocycles. The molecule has 0 spiro atoms. The number of hydrogen-bond acceptors (Lipinski definition) is 6. The largest absolute Gasteiger partial charge is 0.477 e. The van der Waals surface area contributed by atoms with Gasteiger partial charge in [-0.05, 0) is 60.0 Å². The molecular formula is C29H32N5O2S+. The first-order valence-electron chi connectivity index (χ1n) is 13.2. The van der Waals surface area contributed by atoms with Gasteiger partial charge in [-0.15, -0.1) is 11.3 Å². The van der Waals surface area contributed by atoms with Crippen molar-refractivity contribution in [1.82, 2.24) is 4.90 Å². The summed E-state index contributed by atoms with van der Waals surface area (Å²) in [6, 6.07) is 12.2. The summed E-state index contributed by atoms with van der Waals surface area (Å²) in [5.41, 5.74) is 4.67. The van der Waals surface area contributed by atoms with Crippen molar-refractivity contribution < 1.29 is 14.7 Å². The van der Waals surface area contributed by atoms with Crippen LogP contribution in [0.5, 0.6) is 0 Å². The average molecular weight is 515 g/mol. The van der Waals surface area contributed by atoms with Crippen molar-refractivity contribution in [3.8, 4) is 10.4 Å². The maximum absolute atomic E-state index is 12.4. The van der Waals surface area contributed by atoms with E-state index in [0.29, 0.717) is 17.3 Å². The summed E-state index contributed by atoms with van der Waals surface area (Å²) in [6.07, 6.45) is 11.2. The molecule has 7 nitrogen and oxygen atoms in total. The minimum absolute atomic E-state index is 0.129. The summed E-state index contributed by atoms with van der Waals surface area (Å²) >= 11 is 1.39. The number of rotatable bonds is 6. The molecule has 0 bridgehead atoms. The summed E-state index contributed by atoms with van der Waals surface area (Å²) in [7, 11) is 0. The number of benzene rings is 1. The number of hydrogen-bond donors (Lipinski definition) is 1. The van der Waals surface area contributed by atoms with Gasteiger partial charge in [-0.25, -0.2) is 4.79 Å². The van der Waals surface area contributed by atoms with Crippen molar-refractivity contribution in [2.75, 3.05) is 19.6 Å². The predicted molar refractivity (Wildman–Crippen MR) is 147 cm³/mol. The Labute approximate surface area is 221 Å². The smallest absolute Gasteiger partial charge is 0.346 e. The highest BCUT2D eigenvalue weighted by Gasteiger charge is 2.34. The first-order chi connectivity index (χ1) is 18.0. The van der Waals surface area contributed by atoms with Crippen LogP contribution in [0.2, 0.25) is 0 Å². The Kier molecular flexibility index (Phi) is 6.69. The molecule has 1 fully saturated rings. The maximum atomic E-state index is 12.4. The third-order valence-corrected chi connectivity index (χ3v) is 9.11. The third-order valence-electron chi connectivity index (χ3n) is 7.93. The summed E-state index contributed by atoms with van der Waals surface area (Å²) < 4.78 is 0. The molecule has 1 N–H and O–H groups in total. The third kappa shape index (κ3) is 5.00. The molecule has 0 amide bonds. The summed E-state index contributed by atoms with van der Waals surface area (Å²) in [5, 5.41) is 19.1. The van der Waals surface area contributed by atoms with Crippen LogP contribution in [0.3, 0.4) is 0 Å². The number of carboxylic acids is 1. The number of amidine groups is 1. The van der Waals surface area contributed by atoms with Crippen molar-refractivity contribution in [3.05, 3.63) is 64.6 Å². The molecule has 6 rings (SSSR count). The lowest BCUT2D eigenvalue weighted by Crippen LogP contribution is -2.37. The highest BCUT2D eigenvalue weighted by Crippen LogP contribution is 2.43. The van der Waals surface area contributed by atoms with E-state index in [-0.39, 0.29) is 6.17 Å². The van der Waals surface area contributed by atoms with Gasteiger partial charge in [0, 0.05) is 39.8 Å². The number of aliphatic imine (C=N–C) groups is 1. The minimum Gasteiger partial charge on any atom is -0.477 e. The quantitative estimate of drug-likeness (QED) is 0.469. The van der Waals surface area contributed by atoms with E-state index in [4.69, 9.17) is 4.99 Å². The molecule has 190 valence electrons. The number of nitrogens with zero attached hydrogens (tertiary/aromatic N) is 5. The van der Waals surface area contributed by atoms with Crippen LogP contribution in [0.25, 0.3) is 16.0 Å². The van der Waals surface area contributed by atoms with E-state index >= 15 is 0 Å². The lowest BCUT2D eigenvalue weighted by Gasteiger charge is -2.36. The number of thiophene rings is 1. The summed E-state index contributed by atoms with van der Waals surface area (Å²) in [6.45, 7) is 4.72. The molecule has 4 heterocycles. The van der Waals surface area contributed by atoms with Crippen LogP contribution < -0.4 is 0 Å². The lowest BCUT2D eigenvalue weighted by atomic mass is 9.75. The van der Waals surface area contributed by atoms with Crippen LogP contribution in [0.1, 0.15) is 54.3 Å². The fraction of sp³-hybridized carbons (Fsp3) is 0.414. The Balaban J connectivity index is 1.34. The monoisotopic (exact) mass is 514 g/mol. The number of carbonyl (C=O) groups is 1. The number of carboxylic acid groups (broad SMARTS) is 1. The Hall–Kier alpha value is -3.23. The number of fused-ring (bicyclic) bond motifs is 1. The Morgan fingerprint density at radius 2 is 2.00 bits per heavy atom. The zero-order valence-corrected chi connectivity index (χ0v) is 21.9. The van der Waals surface area contributed by atoms with Crippen LogP contribution in [0.4, 0.5) is 0 Å². The SMILES string of the molecule is CC1CCC(C2=C(c3cc(-c4ccccc4)sc3C(=O)O)CCN(CC3=NC4C=CC=N[N+]4=N3)C2)CC1. The number of azo groups is 1. The lowest BCUT2D eigenvalue weighted by molar-refractivity contribution is -0.611. The molecule has 0 saturated heterocycles. The van der Waals surface area contributed by atoms with Crippen LogP contribution in [-0.2, 0) is 0 Å². The molecule has 4 aliphatic rings. The molecule has 37 heavy (non-hydrogen) atoms. The molecule has 8 heteroatoms. The highest BCUT2D eigenvalue weighted by molar-refractivity contribution is 7.17. The van der Waals surface area contributed by atoms with E-state index in [9.17, 15) is 9.90 Å². The number of hydrazone groups is 1. The molecule has 0 radical (unpaired) electrons.